The number of carbonyl (C=O) groups excluding carboxylic acids is 2. The minimum atomic E-state index is -1.09. The third-order valence-corrected chi connectivity index (χ3v) is 5.21. The molecule has 2 aromatic carbocycles. The van der Waals surface area contributed by atoms with Gasteiger partial charge in [-0.05, 0) is 37.8 Å². The molecule has 0 spiro atoms. The molecular weight excluding hydrogens is 364 g/mol. The van der Waals surface area contributed by atoms with Crippen LogP contribution < -0.4 is 0 Å². The molecule has 0 atom stereocenters. The molecular formula is C25H30O4. The first kappa shape index (κ1) is 22.4. The number of benzene rings is 2. The lowest BCUT2D eigenvalue weighted by Gasteiger charge is -2.33. The predicted octanol–water partition coefficient (Wildman–Crippen LogP) is 5.42. The third-order valence-electron chi connectivity index (χ3n) is 5.21. The largest absolute Gasteiger partial charge is 0.465 e. The first-order valence-corrected chi connectivity index (χ1v) is 10.3. The molecule has 2 rings (SSSR count). The van der Waals surface area contributed by atoms with Crippen molar-refractivity contribution in [3.05, 3.63) is 77.4 Å². The highest BCUT2D eigenvalue weighted by Crippen LogP contribution is 2.43. The average Bonchev–Trinajstić information content (AvgIpc) is 2.76. The van der Waals surface area contributed by atoms with Gasteiger partial charge in [0.25, 0.3) is 0 Å². The van der Waals surface area contributed by atoms with Gasteiger partial charge in [0.2, 0.25) is 0 Å². The Balaban J connectivity index is 2.95. The molecule has 0 radical (unpaired) electrons. The monoisotopic (exact) mass is 394 g/mol. The van der Waals surface area contributed by atoms with Crippen molar-refractivity contribution >= 4 is 17.5 Å². The van der Waals surface area contributed by atoms with E-state index in [1.165, 1.54) is 0 Å². The van der Waals surface area contributed by atoms with Gasteiger partial charge < -0.3 is 9.47 Å². The van der Waals surface area contributed by atoms with Crippen LogP contribution in [0.15, 0.2) is 66.2 Å². The minimum Gasteiger partial charge on any atom is -0.465 e. The molecule has 4 nitrogen and oxygen atoms in total. The van der Waals surface area contributed by atoms with E-state index in [1.54, 1.807) is 13.8 Å². The zero-order chi connectivity index (χ0) is 21.3. The van der Waals surface area contributed by atoms with Gasteiger partial charge in [0, 0.05) is 5.57 Å². The molecule has 29 heavy (non-hydrogen) atoms. The van der Waals surface area contributed by atoms with Crippen LogP contribution in [0.1, 0.15) is 51.7 Å². The Kier molecular flexibility index (Phi) is 8.20. The Morgan fingerprint density at radius 3 is 1.55 bits per heavy atom. The molecule has 0 bridgehead atoms. The standard InChI is InChI=1S/C25H30O4/c1-5-25(6-2,24(27)29-8-4)22(23(26)28-7-3)21(19-15-11-9-12-16-19)20-17-13-10-14-18-20/h9-18H,5-8H2,1-4H3. The Bertz CT molecular complexity index is 792. The lowest BCUT2D eigenvalue weighted by Crippen LogP contribution is -2.38. The molecule has 0 unspecified atom stereocenters. The molecule has 0 aliphatic heterocycles. The van der Waals surface area contributed by atoms with E-state index in [9.17, 15) is 9.59 Å². The maximum absolute atomic E-state index is 13.3. The summed E-state index contributed by atoms with van der Waals surface area (Å²) in [6.07, 6.45) is 0.860. The van der Waals surface area contributed by atoms with Gasteiger partial charge >= 0.3 is 11.9 Å². The van der Waals surface area contributed by atoms with Crippen LogP contribution in [0.3, 0.4) is 0 Å². The van der Waals surface area contributed by atoms with Crippen LogP contribution >= 0.6 is 0 Å². The first-order valence-electron chi connectivity index (χ1n) is 10.3. The number of carbonyl (C=O) groups is 2. The molecule has 0 aliphatic carbocycles. The van der Waals surface area contributed by atoms with Crippen molar-refractivity contribution in [1.29, 1.82) is 0 Å². The molecule has 154 valence electrons. The zero-order valence-electron chi connectivity index (χ0n) is 17.7. The molecule has 2 aromatic rings. The van der Waals surface area contributed by atoms with Gasteiger partial charge in [0.05, 0.1) is 18.8 Å². The number of hydrogen-bond acceptors (Lipinski definition) is 4. The van der Waals surface area contributed by atoms with Gasteiger partial charge in [-0.15, -0.1) is 0 Å². The fraction of sp³-hybridized carbons (Fsp3) is 0.360. The van der Waals surface area contributed by atoms with Gasteiger partial charge in [0.15, 0.2) is 0 Å². The maximum Gasteiger partial charge on any atom is 0.335 e. The summed E-state index contributed by atoms with van der Waals surface area (Å²) in [5.74, 6) is -0.871. The van der Waals surface area contributed by atoms with Gasteiger partial charge in [0.1, 0.15) is 5.41 Å². The van der Waals surface area contributed by atoms with Gasteiger partial charge in [-0.3, -0.25) is 4.79 Å². The normalized spacial score (nSPS) is 10.9. The summed E-state index contributed by atoms with van der Waals surface area (Å²) < 4.78 is 10.9. The summed E-state index contributed by atoms with van der Waals surface area (Å²) in [5.41, 5.74) is 1.69. The molecule has 0 heterocycles. The Morgan fingerprint density at radius 2 is 1.17 bits per heavy atom. The van der Waals surface area contributed by atoms with E-state index in [4.69, 9.17) is 9.47 Å². The molecule has 0 fully saturated rings. The molecule has 0 aromatic heterocycles. The second kappa shape index (κ2) is 10.6. The summed E-state index contributed by atoms with van der Waals surface area (Å²) in [6, 6.07) is 19.3. The van der Waals surface area contributed by atoms with Crippen molar-refractivity contribution in [2.75, 3.05) is 13.2 Å². The number of rotatable bonds is 9. The van der Waals surface area contributed by atoms with Crippen molar-refractivity contribution in [3.8, 4) is 0 Å². The summed E-state index contributed by atoms with van der Waals surface area (Å²) in [4.78, 5) is 26.5. The predicted molar refractivity (Wildman–Crippen MR) is 115 cm³/mol. The van der Waals surface area contributed by atoms with Crippen LogP contribution in [-0.2, 0) is 19.1 Å². The van der Waals surface area contributed by atoms with Crippen LogP contribution in [-0.4, -0.2) is 25.2 Å². The first-order chi connectivity index (χ1) is 14.1. The van der Waals surface area contributed by atoms with Gasteiger partial charge in [-0.25, -0.2) is 4.79 Å². The number of ether oxygens (including phenoxy) is 2. The zero-order valence-corrected chi connectivity index (χ0v) is 17.7. The number of esters is 2. The van der Waals surface area contributed by atoms with Crippen molar-refractivity contribution in [3.63, 3.8) is 0 Å². The fourth-order valence-corrected chi connectivity index (χ4v) is 3.67. The van der Waals surface area contributed by atoms with Crippen LogP contribution in [0.5, 0.6) is 0 Å². The van der Waals surface area contributed by atoms with Crippen LogP contribution in [0, 0.1) is 5.41 Å². The van der Waals surface area contributed by atoms with E-state index in [2.05, 4.69) is 0 Å². The van der Waals surface area contributed by atoms with Crippen molar-refractivity contribution in [1.82, 2.24) is 0 Å². The van der Waals surface area contributed by atoms with Crippen molar-refractivity contribution in [2.45, 2.75) is 40.5 Å². The smallest absolute Gasteiger partial charge is 0.335 e. The molecule has 0 saturated heterocycles. The lowest BCUT2D eigenvalue weighted by molar-refractivity contribution is -0.157. The molecule has 0 aliphatic rings. The molecule has 0 saturated carbocycles. The summed E-state index contributed by atoms with van der Waals surface area (Å²) in [7, 11) is 0. The molecule has 0 amide bonds. The van der Waals surface area contributed by atoms with Crippen LogP contribution in [0.4, 0.5) is 0 Å². The van der Waals surface area contributed by atoms with Crippen LogP contribution in [0.25, 0.3) is 5.57 Å². The quantitative estimate of drug-likeness (QED) is 0.421. The van der Waals surface area contributed by atoms with E-state index < -0.39 is 17.4 Å². The highest BCUT2D eigenvalue weighted by molar-refractivity contribution is 6.07. The highest BCUT2D eigenvalue weighted by Gasteiger charge is 2.46. The summed E-state index contributed by atoms with van der Waals surface area (Å²) in [6.45, 7) is 7.84. The summed E-state index contributed by atoms with van der Waals surface area (Å²) in [5, 5.41) is 0. The maximum atomic E-state index is 13.3. The SMILES string of the molecule is CCOC(=O)C(=C(c1ccccc1)c1ccccc1)C(CC)(CC)C(=O)OCC. The second-order valence-electron chi connectivity index (χ2n) is 6.71. The van der Waals surface area contributed by atoms with Gasteiger partial charge in [-0.2, -0.15) is 0 Å². The van der Waals surface area contributed by atoms with E-state index in [0.717, 1.165) is 11.1 Å². The van der Waals surface area contributed by atoms with Crippen LogP contribution in [0.2, 0.25) is 0 Å². The lowest BCUT2D eigenvalue weighted by atomic mass is 9.71. The average molecular weight is 395 g/mol. The highest BCUT2D eigenvalue weighted by atomic mass is 16.5. The van der Waals surface area contributed by atoms with E-state index in [0.29, 0.717) is 24.0 Å². The van der Waals surface area contributed by atoms with E-state index in [1.807, 2.05) is 74.5 Å². The topological polar surface area (TPSA) is 52.6 Å². The Labute approximate surface area is 173 Å². The minimum absolute atomic E-state index is 0.228. The number of hydrogen-bond donors (Lipinski definition) is 0. The van der Waals surface area contributed by atoms with Gasteiger partial charge in [-0.1, -0.05) is 74.5 Å². The summed E-state index contributed by atoms with van der Waals surface area (Å²) >= 11 is 0. The van der Waals surface area contributed by atoms with Crippen molar-refractivity contribution in [2.24, 2.45) is 5.41 Å². The molecule has 0 N–H and O–H groups in total. The third kappa shape index (κ3) is 4.76. The second-order valence-corrected chi connectivity index (χ2v) is 6.71. The van der Waals surface area contributed by atoms with Crippen molar-refractivity contribution < 1.29 is 19.1 Å². The Hall–Kier alpha value is -2.88. The Morgan fingerprint density at radius 1 is 0.724 bits per heavy atom. The van der Waals surface area contributed by atoms with E-state index >= 15 is 0 Å². The fourth-order valence-electron chi connectivity index (χ4n) is 3.67. The van der Waals surface area contributed by atoms with E-state index in [-0.39, 0.29) is 13.2 Å². The molecule has 4 heteroatoms.